The van der Waals surface area contributed by atoms with E-state index >= 15 is 0 Å². The highest BCUT2D eigenvalue weighted by molar-refractivity contribution is 7.89. The van der Waals surface area contributed by atoms with Gasteiger partial charge in [-0.1, -0.05) is 23.7 Å². The molecular weight excluding hydrogens is 434 g/mol. The molecule has 1 saturated carbocycles. The number of nitrogens with zero attached hydrogens (tertiary/aromatic N) is 1. The lowest BCUT2D eigenvalue weighted by molar-refractivity contribution is 0.103. The van der Waals surface area contributed by atoms with Crippen LogP contribution < -0.4 is 5.14 Å². The molecule has 2 aromatic heterocycles. The van der Waals surface area contributed by atoms with E-state index in [1.165, 1.54) is 31.0 Å². The fourth-order valence-electron chi connectivity index (χ4n) is 3.75. The van der Waals surface area contributed by atoms with Crippen molar-refractivity contribution in [2.45, 2.75) is 23.7 Å². The maximum absolute atomic E-state index is 13.0. The van der Waals surface area contributed by atoms with E-state index < -0.39 is 10.0 Å². The number of sulfonamides is 1. The number of nitrogens with two attached hydrogens (primary N) is 1. The summed E-state index contributed by atoms with van der Waals surface area (Å²) in [5.41, 5.74) is 4.68. The van der Waals surface area contributed by atoms with Gasteiger partial charge in [0.1, 0.15) is 4.90 Å². The summed E-state index contributed by atoms with van der Waals surface area (Å²) in [7, 11) is -4.03. The van der Waals surface area contributed by atoms with Gasteiger partial charge in [0.2, 0.25) is 10.0 Å². The second-order valence-corrected chi connectivity index (χ2v) is 9.66. The van der Waals surface area contributed by atoms with E-state index in [1.54, 1.807) is 12.1 Å². The Morgan fingerprint density at radius 3 is 2.55 bits per heavy atom. The zero-order valence-electron chi connectivity index (χ0n) is 16.3. The van der Waals surface area contributed by atoms with Gasteiger partial charge in [-0.15, -0.1) is 0 Å². The summed E-state index contributed by atoms with van der Waals surface area (Å²) in [6.45, 7) is 0. The number of hydrogen-bond donors (Lipinski definition) is 2. The van der Waals surface area contributed by atoms with Crippen molar-refractivity contribution >= 4 is 38.3 Å². The summed E-state index contributed by atoms with van der Waals surface area (Å²) in [6.07, 6.45) is 6.14. The van der Waals surface area contributed by atoms with Gasteiger partial charge in [0.25, 0.3) is 0 Å². The molecule has 0 bridgehead atoms. The van der Waals surface area contributed by atoms with E-state index in [2.05, 4.69) is 16.0 Å². The minimum Gasteiger partial charge on any atom is -0.361 e. The Balaban J connectivity index is 1.52. The van der Waals surface area contributed by atoms with Crippen molar-refractivity contribution in [3.63, 3.8) is 0 Å². The van der Waals surface area contributed by atoms with Crippen LogP contribution in [0.2, 0.25) is 5.02 Å². The number of fused-ring (bicyclic) bond motifs is 1. The molecule has 2 heterocycles. The number of aromatic amines is 1. The van der Waals surface area contributed by atoms with Crippen LogP contribution >= 0.6 is 11.6 Å². The van der Waals surface area contributed by atoms with Crippen molar-refractivity contribution in [2.24, 2.45) is 5.14 Å². The summed E-state index contributed by atoms with van der Waals surface area (Å²) in [4.78, 5) is 20.4. The Kier molecular flexibility index (Phi) is 4.69. The molecular formula is C23H18ClN3O3S. The number of carbonyl (C=O) groups is 1. The average molecular weight is 452 g/mol. The predicted molar refractivity (Wildman–Crippen MR) is 120 cm³/mol. The molecule has 1 aliphatic carbocycles. The number of rotatable bonds is 5. The first-order valence-electron chi connectivity index (χ1n) is 9.76. The summed E-state index contributed by atoms with van der Waals surface area (Å²) >= 11 is 5.93. The molecule has 0 saturated heterocycles. The molecule has 0 unspecified atom stereocenters. The van der Waals surface area contributed by atoms with Crippen LogP contribution in [-0.4, -0.2) is 24.2 Å². The van der Waals surface area contributed by atoms with Crippen molar-refractivity contribution in [1.82, 2.24) is 9.97 Å². The van der Waals surface area contributed by atoms with Gasteiger partial charge in [-0.3, -0.25) is 9.78 Å². The van der Waals surface area contributed by atoms with Crippen LogP contribution in [0, 0.1) is 0 Å². The topological polar surface area (TPSA) is 106 Å². The van der Waals surface area contributed by atoms with Crippen LogP contribution in [0.25, 0.3) is 22.0 Å². The maximum atomic E-state index is 13.0. The fourth-order valence-corrected chi connectivity index (χ4v) is 4.83. The minimum absolute atomic E-state index is 0.0218. The molecule has 2 aromatic carbocycles. The van der Waals surface area contributed by atoms with Crippen LogP contribution in [0.15, 0.2) is 65.8 Å². The first-order chi connectivity index (χ1) is 14.8. The van der Waals surface area contributed by atoms with E-state index in [9.17, 15) is 13.2 Å². The van der Waals surface area contributed by atoms with E-state index in [-0.39, 0.29) is 21.3 Å². The summed E-state index contributed by atoms with van der Waals surface area (Å²) in [5.74, 6) is 0.246. The van der Waals surface area contributed by atoms with Crippen LogP contribution in [0.1, 0.15) is 40.4 Å². The molecule has 5 rings (SSSR count). The molecule has 4 aromatic rings. The minimum atomic E-state index is -4.03. The molecule has 0 atom stereocenters. The maximum Gasteiger partial charge on any atom is 0.239 e. The first kappa shape index (κ1) is 19.9. The van der Waals surface area contributed by atoms with Gasteiger partial charge in [0.05, 0.1) is 5.02 Å². The number of benzene rings is 2. The van der Waals surface area contributed by atoms with Gasteiger partial charge >= 0.3 is 0 Å². The second-order valence-electron chi connectivity index (χ2n) is 7.73. The standard InChI is InChI=1S/C23H18ClN3O3S/c24-19-6-4-16(11-22(19)31(25,29)30)23(28)15-3-5-17-18(12-27-21(17)10-15)14-7-8-26-20(9-14)13-1-2-13/h3-13,27H,1-2H2,(H2,25,29,30). The van der Waals surface area contributed by atoms with Gasteiger partial charge in [-0.25, -0.2) is 13.6 Å². The highest BCUT2D eigenvalue weighted by Gasteiger charge is 2.25. The van der Waals surface area contributed by atoms with Crippen LogP contribution in [0.5, 0.6) is 0 Å². The van der Waals surface area contributed by atoms with Crippen LogP contribution in [0.3, 0.4) is 0 Å². The third kappa shape index (κ3) is 3.76. The van der Waals surface area contributed by atoms with Crippen molar-refractivity contribution in [2.75, 3.05) is 0 Å². The molecule has 1 aliphatic rings. The monoisotopic (exact) mass is 451 g/mol. The quantitative estimate of drug-likeness (QED) is 0.431. The summed E-state index contributed by atoms with van der Waals surface area (Å²) < 4.78 is 23.4. The molecule has 6 nitrogen and oxygen atoms in total. The molecule has 0 aliphatic heterocycles. The van der Waals surface area contributed by atoms with E-state index in [0.717, 1.165) is 27.7 Å². The molecule has 0 radical (unpaired) electrons. The Hall–Kier alpha value is -3.00. The van der Waals surface area contributed by atoms with Crippen molar-refractivity contribution < 1.29 is 13.2 Å². The number of halogens is 1. The molecule has 3 N–H and O–H groups in total. The number of H-pyrrole nitrogens is 1. The third-order valence-corrected chi connectivity index (χ3v) is 6.92. The Bertz CT molecular complexity index is 1460. The molecule has 0 amide bonds. The number of primary sulfonamides is 1. The Morgan fingerprint density at radius 1 is 1.06 bits per heavy atom. The summed E-state index contributed by atoms with van der Waals surface area (Å²) in [5, 5.41) is 6.17. The molecule has 8 heteroatoms. The number of aromatic nitrogens is 2. The van der Waals surface area contributed by atoms with E-state index in [0.29, 0.717) is 11.5 Å². The van der Waals surface area contributed by atoms with Crippen molar-refractivity contribution in [1.29, 1.82) is 0 Å². The Morgan fingerprint density at radius 2 is 1.81 bits per heavy atom. The molecule has 1 fully saturated rings. The normalized spacial score (nSPS) is 14.1. The number of ketones is 1. The summed E-state index contributed by atoms with van der Waals surface area (Å²) in [6, 6.07) is 13.5. The zero-order valence-corrected chi connectivity index (χ0v) is 17.9. The van der Waals surface area contributed by atoms with Gasteiger partial charge in [0, 0.05) is 51.6 Å². The van der Waals surface area contributed by atoms with Crippen LogP contribution in [-0.2, 0) is 10.0 Å². The van der Waals surface area contributed by atoms with E-state index in [4.69, 9.17) is 16.7 Å². The van der Waals surface area contributed by atoms with E-state index in [1.807, 2.05) is 24.5 Å². The first-order valence-corrected chi connectivity index (χ1v) is 11.7. The van der Waals surface area contributed by atoms with Gasteiger partial charge < -0.3 is 4.98 Å². The highest BCUT2D eigenvalue weighted by atomic mass is 35.5. The van der Waals surface area contributed by atoms with Gasteiger partial charge in [0.15, 0.2) is 5.78 Å². The largest absolute Gasteiger partial charge is 0.361 e. The lowest BCUT2D eigenvalue weighted by Crippen LogP contribution is -2.14. The van der Waals surface area contributed by atoms with Crippen molar-refractivity contribution in [3.8, 4) is 11.1 Å². The Labute approximate surface area is 184 Å². The van der Waals surface area contributed by atoms with Gasteiger partial charge in [-0.2, -0.15) is 0 Å². The molecule has 156 valence electrons. The fraction of sp³-hybridized carbons (Fsp3) is 0.130. The number of hydrogen-bond acceptors (Lipinski definition) is 4. The second kappa shape index (κ2) is 7.30. The zero-order chi connectivity index (χ0) is 21.8. The lowest BCUT2D eigenvalue weighted by Gasteiger charge is -2.07. The third-order valence-electron chi connectivity index (χ3n) is 5.53. The van der Waals surface area contributed by atoms with Crippen LogP contribution in [0.4, 0.5) is 0 Å². The lowest BCUT2D eigenvalue weighted by atomic mass is 9.99. The van der Waals surface area contributed by atoms with Gasteiger partial charge in [-0.05, 0) is 54.8 Å². The predicted octanol–water partition coefficient (Wildman–Crippen LogP) is 4.64. The molecule has 0 spiro atoms. The average Bonchev–Trinajstić information content (AvgIpc) is 3.52. The number of nitrogens with one attached hydrogen (secondary N) is 1. The SMILES string of the molecule is NS(=O)(=O)c1cc(C(=O)c2ccc3c(-c4ccnc(C5CC5)c4)c[nH]c3c2)ccc1Cl. The molecule has 31 heavy (non-hydrogen) atoms. The highest BCUT2D eigenvalue weighted by Crippen LogP contribution is 2.40. The number of carbonyl (C=O) groups excluding carboxylic acids is 1. The number of pyridine rings is 1. The van der Waals surface area contributed by atoms with Crippen molar-refractivity contribution in [3.05, 3.63) is 82.8 Å². The smallest absolute Gasteiger partial charge is 0.239 e.